The highest BCUT2D eigenvalue weighted by atomic mass is 19.2. The summed E-state index contributed by atoms with van der Waals surface area (Å²) in [6.07, 6.45) is 0.956. The van der Waals surface area contributed by atoms with Gasteiger partial charge >= 0.3 is 0 Å². The number of halogens is 2. The summed E-state index contributed by atoms with van der Waals surface area (Å²) in [4.78, 5) is 0. The van der Waals surface area contributed by atoms with Crippen LogP contribution in [-0.2, 0) is 0 Å². The first-order valence-electron chi connectivity index (χ1n) is 5.24. The van der Waals surface area contributed by atoms with Gasteiger partial charge in [-0.25, -0.2) is 8.78 Å². The van der Waals surface area contributed by atoms with Gasteiger partial charge in [0.15, 0.2) is 11.6 Å². The summed E-state index contributed by atoms with van der Waals surface area (Å²) in [5.74, 6) is -1.28. The van der Waals surface area contributed by atoms with E-state index in [1.54, 1.807) is 6.07 Å². The molecule has 1 atom stereocenters. The zero-order valence-corrected chi connectivity index (χ0v) is 9.77. The Bertz CT molecular complexity index is 337. The van der Waals surface area contributed by atoms with Crippen LogP contribution in [0.2, 0.25) is 0 Å². The molecular formula is C13H18F2. The van der Waals surface area contributed by atoms with Gasteiger partial charge in [0.1, 0.15) is 0 Å². The van der Waals surface area contributed by atoms with E-state index in [9.17, 15) is 8.78 Å². The largest absolute Gasteiger partial charge is 0.204 e. The van der Waals surface area contributed by atoms with Crippen molar-refractivity contribution in [3.8, 4) is 0 Å². The molecule has 0 N–H and O–H groups in total. The van der Waals surface area contributed by atoms with Gasteiger partial charge in [-0.1, -0.05) is 33.8 Å². The molecule has 0 aromatic heterocycles. The second kappa shape index (κ2) is 4.30. The Kier molecular flexibility index (Phi) is 3.48. The van der Waals surface area contributed by atoms with E-state index in [4.69, 9.17) is 0 Å². The van der Waals surface area contributed by atoms with Crippen molar-refractivity contribution < 1.29 is 8.78 Å². The quantitative estimate of drug-likeness (QED) is 0.676. The van der Waals surface area contributed by atoms with Gasteiger partial charge in [0, 0.05) is 0 Å². The lowest BCUT2D eigenvalue weighted by Crippen LogP contribution is -2.10. The average Bonchev–Trinajstić information content (AvgIpc) is 2.06. The minimum atomic E-state index is -0.776. The maximum absolute atomic E-state index is 13.0. The van der Waals surface area contributed by atoms with Crippen LogP contribution in [0.15, 0.2) is 18.2 Å². The summed E-state index contributed by atoms with van der Waals surface area (Å²) in [7, 11) is 0. The van der Waals surface area contributed by atoms with E-state index in [1.165, 1.54) is 12.1 Å². The van der Waals surface area contributed by atoms with E-state index >= 15 is 0 Å². The standard InChI is InChI=1S/C13H18F2/c1-9(8-13(2,3)4)10-5-6-11(14)12(15)7-10/h5-7,9H,8H2,1-4H3. The Morgan fingerprint density at radius 3 is 2.20 bits per heavy atom. The van der Waals surface area contributed by atoms with E-state index in [2.05, 4.69) is 20.8 Å². The van der Waals surface area contributed by atoms with Crippen molar-refractivity contribution in [2.75, 3.05) is 0 Å². The maximum Gasteiger partial charge on any atom is 0.159 e. The molecule has 2 heteroatoms. The first kappa shape index (κ1) is 12.2. The SMILES string of the molecule is CC(CC(C)(C)C)c1ccc(F)c(F)c1. The molecule has 0 bridgehead atoms. The lowest BCUT2D eigenvalue weighted by Gasteiger charge is -2.23. The van der Waals surface area contributed by atoms with Crippen LogP contribution in [-0.4, -0.2) is 0 Å². The predicted molar refractivity (Wildman–Crippen MR) is 58.8 cm³/mol. The van der Waals surface area contributed by atoms with Crippen LogP contribution in [0.25, 0.3) is 0 Å². The molecule has 1 aromatic rings. The fourth-order valence-corrected chi connectivity index (χ4v) is 1.86. The zero-order valence-electron chi connectivity index (χ0n) is 9.77. The molecular weight excluding hydrogens is 194 g/mol. The van der Waals surface area contributed by atoms with E-state index in [0.717, 1.165) is 12.0 Å². The molecule has 0 nitrogen and oxygen atoms in total. The number of benzene rings is 1. The third-order valence-electron chi connectivity index (χ3n) is 2.43. The molecule has 1 rings (SSSR count). The van der Waals surface area contributed by atoms with Gasteiger partial charge in [0.25, 0.3) is 0 Å². The Morgan fingerprint density at radius 2 is 1.73 bits per heavy atom. The highest BCUT2D eigenvalue weighted by molar-refractivity contribution is 5.21. The minimum absolute atomic E-state index is 0.199. The Hall–Kier alpha value is -0.920. The van der Waals surface area contributed by atoms with Crippen molar-refractivity contribution in [1.29, 1.82) is 0 Å². The van der Waals surface area contributed by atoms with Crippen LogP contribution in [0.5, 0.6) is 0 Å². The number of hydrogen-bond acceptors (Lipinski definition) is 0. The van der Waals surface area contributed by atoms with Gasteiger partial charge in [0.2, 0.25) is 0 Å². The van der Waals surface area contributed by atoms with Crippen LogP contribution >= 0.6 is 0 Å². The third-order valence-corrected chi connectivity index (χ3v) is 2.43. The molecule has 0 aliphatic carbocycles. The summed E-state index contributed by atoms with van der Waals surface area (Å²) in [6.45, 7) is 8.47. The van der Waals surface area contributed by atoms with Gasteiger partial charge in [-0.15, -0.1) is 0 Å². The van der Waals surface area contributed by atoms with Gasteiger partial charge in [-0.05, 0) is 35.4 Å². The summed E-state index contributed by atoms with van der Waals surface area (Å²) in [5, 5.41) is 0. The fraction of sp³-hybridized carbons (Fsp3) is 0.538. The van der Waals surface area contributed by atoms with Crippen molar-refractivity contribution in [2.24, 2.45) is 5.41 Å². The molecule has 84 valence electrons. The number of hydrogen-bond donors (Lipinski definition) is 0. The van der Waals surface area contributed by atoms with Crippen LogP contribution in [0.4, 0.5) is 8.78 Å². The van der Waals surface area contributed by atoms with Gasteiger partial charge < -0.3 is 0 Å². The average molecular weight is 212 g/mol. The molecule has 1 aromatic carbocycles. The third kappa shape index (κ3) is 3.61. The van der Waals surface area contributed by atoms with Crippen LogP contribution in [0.1, 0.15) is 45.6 Å². The first-order chi connectivity index (χ1) is 6.79. The monoisotopic (exact) mass is 212 g/mol. The lowest BCUT2D eigenvalue weighted by atomic mass is 9.82. The highest BCUT2D eigenvalue weighted by Gasteiger charge is 2.17. The van der Waals surface area contributed by atoms with Gasteiger partial charge in [0.05, 0.1) is 0 Å². The molecule has 0 saturated carbocycles. The molecule has 0 aliphatic rings. The van der Waals surface area contributed by atoms with Crippen molar-refractivity contribution in [3.05, 3.63) is 35.4 Å². The van der Waals surface area contributed by atoms with Crippen molar-refractivity contribution >= 4 is 0 Å². The van der Waals surface area contributed by atoms with Crippen LogP contribution < -0.4 is 0 Å². The van der Waals surface area contributed by atoms with E-state index in [-0.39, 0.29) is 11.3 Å². The zero-order chi connectivity index (χ0) is 11.6. The van der Waals surface area contributed by atoms with Gasteiger partial charge in [-0.2, -0.15) is 0 Å². The molecule has 0 amide bonds. The Labute approximate surface area is 90.3 Å². The smallest absolute Gasteiger partial charge is 0.159 e. The molecule has 15 heavy (non-hydrogen) atoms. The summed E-state index contributed by atoms with van der Waals surface area (Å²) in [5.41, 5.74) is 1.06. The molecule has 0 saturated heterocycles. The number of rotatable bonds is 2. The summed E-state index contributed by atoms with van der Waals surface area (Å²) < 4.78 is 25.7. The van der Waals surface area contributed by atoms with E-state index in [0.29, 0.717) is 0 Å². The molecule has 0 spiro atoms. The summed E-state index contributed by atoms with van der Waals surface area (Å²) >= 11 is 0. The van der Waals surface area contributed by atoms with E-state index < -0.39 is 11.6 Å². The molecule has 0 aliphatic heterocycles. The molecule has 0 fully saturated rings. The van der Waals surface area contributed by atoms with E-state index in [1.807, 2.05) is 6.92 Å². The molecule has 1 unspecified atom stereocenters. The lowest BCUT2D eigenvalue weighted by molar-refractivity contribution is 0.348. The van der Waals surface area contributed by atoms with Gasteiger partial charge in [-0.3, -0.25) is 0 Å². The topological polar surface area (TPSA) is 0 Å². The second-order valence-corrected chi connectivity index (χ2v) is 5.34. The summed E-state index contributed by atoms with van der Waals surface area (Å²) in [6, 6.07) is 4.16. The maximum atomic E-state index is 13.0. The molecule has 0 heterocycles. The molecule has 0 radical (unpaired) electrons. The van der Waals surface area contributed by atoms with Crippen molar-refractivity contribution in [1.82, 2.24) is 0 Å². The second-order valence-electron chi connectivity index (χ2n) is 5.34. The van der Waals surface area contributed by atoms with Crippen molar-refractivity contribution in [3.63, 3.8) is 0 Å². The highest BCUT2D eigenvalue weighted by Crippen LogP contribution is 2.31. The predicted octanol–water partition coefficient (Wildman–Crippen LogP) is 4.50. The minimum Gasteiger partial charge on any atom is -0.204 e. The Balaban J connectivity index is 2.83. The first-order valence-corrected chi connectivity index (χ1v) is 5.24. The normalized spacial score (nSPS) is 14.0. The Morgan fingerprint density at radius 1 is 1.13 bits per heavy atom. The van der Waals surface area contributed by atoms with Crippen molar-refractivity contribution in [2.45, 2.75) is 40.0 Å². The van der Waals surface area contributed by atoms with Crippen LogP contribution in [0.3, 0.4) is 0 Å². The van der Waals surface area contributed by atoms with Crippen LogP contribution in [0, 0.1) is 17.0 Å². The fourth-order valence-electron chi connectivity index (χ4n) is 1.86.